The molecule has 0 saturated carbocycles. The average molecular weight is 655 g/mol. The molecule has 12 N–H and O–H groups in total. The lowest BCUT2D eigenvalue weighted by Gasteiger charge is -2.17. The maximum absolute atomic E-state index is 11.8. The van der Waals surface area contributed by atoms with Crippen LogP contribution in [-0.4, -0.2) is 135 Å². The SMILES string of the molecule is CNCc1cn([C@@H]2O[C@H](CO)[C@@H](O)[C@H]2O)c(=O)[nH]c1=O.NCC(=O)NC(=O)Nc1ncnc2c1ncn2[C@@H]1O[C@H](CO)[C@@H](O)[C@H]1O. The van der Waals surface area contributed by atoms with Gasteiger partial charge in [0.05, 0.1) is 26.1 Å². The number of H-pyrrole nitrogens is 1. The van der Waals surface area contributed by atoms with Gasteiger partial charge in [-0.15, -0.1) is 0 Å². The van der Waals surface area contributed by atoms with E-state index in [1.165, 1.54) is 17.1 Å². The third-order valence-electron chi connectivity index (χ3n) is 7.02. The third-order valence-corrected chi connectivity index (χ3v) is 7.02. The van der Waals surface area contributed by atoms with Gasteiger partial charge in [-0.2, -0.15) is 0 Å². The molecule has 0 unspecified atom stereocenters. The number of anilines is 1. The number of ether oxygens (including phenoxy) is 2. The van der Waals surface area contributed by atoms with E-state index in [0.29, 0.717) is 0 Å². The van der Waals surface area contributed by atoms with Crippen molar-refractivity contribution >= 4 is 28.9 Å². The van der Waals surface area contributed by atoms with Crippen LogP contribution in [0.4, 0.5) is 10.6 Å². The van der Waals surface area contributed by atoms with Crippen LogP contribution in [0.15, 0.2) is 28.4 Å². The Balaban J connectivity index is 0.000000216. The highest BCUT2D eigenvalue weighted by molar-refractivity contribution is 6.03. The molecule has 2 saturated heterocycles. The number of aromatic amines is 1. The number of hydrogen-bond acceptors (Lipinski definition) is 17. The Hall–Kier alpha value is -4.23. The number of imide groups is 1. The zero-order valence-electron chi connectivity index (χ0n) is 24.1. The summed E-state index contributed by atoms with van der Waals surface area (Å²) in [6.07, 6.45) is -5.74. The van der Waals surface area contributed by atoms with Crippen molar-refractivity contribution in [2.24, 2.45) is 5.73 Å². The summed E-state index contributed by atoms with van der Waals surface area (Å²) >= 11 is 0. The van der Waals surface area contributed by atoms with Gasteiger partial charge >= 0.3 is 11.7 Å². The summed E-state index contributed by atoms with van der Waals surface area (Å²) in [7, 11) is 1.64. The lowest BCUT2D eigenvalue weighted by Crippen LogP contribution is -2.39. The summed E-state index contributed by atoms with van der Waals surface area (Å²) < 4.78 is 13.0. The van der Waals surface area contributed by atoms with E-state index in [4.69, 9.17) is 20.3 Å². The minimum Gasteiger partial charge on any atom is -0.394 e. The number of aliphatic hydroxyl groups is 6. The van der Waals surface area contributed by atoms with Crippen LogP contribution >= 0.6 is 0 Å². The number of aromatic nitrogens is 6. The van der Waals surface area contributed by atoms with Crippen molar-refractivity contribution < 1.29 is 49.7 Å². The number of nitrogens with one attached hydrogen (secondary N) is 4. The number of urea groups is 1. The number of nitrogens with two attached hydrogens (primary N) is 1. The number of imidazole rings is 1. The van der Waals surface area contributed by atoms with Gasteiger partial charge in [0, 0.05) is 18.3 Å². The van der Waals surface area contributed by atoms with E-state index in [1.54, 1.807) is 7.05 Å². The number of fused-ring (bicyclic) bond motifs is 1. The second-order valence-electron chi connectivity index (χ2n) is 10.1. The van der Waals surface area contributed by atoms with E-state index in [1.807, 2.05) is 5.32 Å². The number of hydrogen-bond donors (Lipinski definition) is 11. The summed E-state index contributed by atoms with van der Waals surface area (Å²) in [5.74, 6) is -0.660. The van der Waals surface area contributed by atoms with Crippen molar-refractivity contribution in [2.45, 2.75) is 55.6 Å². The molecule has 2 aliphatic heterocycles. The second-order valence-corrected chi connectivity index (χ2v) is 10.1. The minimum absolute atomic E-state index is 0.0165. The van der Waals surface area contributed by atoms with Crippen LogP contribution in [0.1, 0.15) is 18.0 Å². The molecule has 8 atom stereocenters. The molecule has 22 nitrogen and oxygen atoms in total. The summed E-state index contributed by atoms with van der Waals surface area (Å²) in [6.45, 7) is -1.09. The first-order chi connectivity index (χ1) is 21.9. The van der Waals surface area contributed by atoms with Gasteiger partial charge in [0.25, 0.3) is 5.56 Å². The monoisotopic (exact) mass is 654 g/mol. The number of carbonyl (C=O) groups excluding carboxylic acids is 2. The first-order valence-electron chi connectivity index (χ1n) is 13.7. The molecular formula is C24H34N10O12. The highest BCUT2D eigenvalue weighted by Gasteiger charge is 2.45. The van der Waals surface area contributed by atoms with Gasteiger partial charge in [0.15, 0.2) is 29.4 Å². The Kier molecular flexibility index (Phi) is 11.2. The Morgan fingerprint density at radius 2 is 1.57 bits per heavy atom. The first kappa shape index (κ1) is 34.6. The van der Waals surface area contributed by atoms with Crippen LogP contribution in [0.3, 0.4) is 0 Å². The Bertz CT molecular complexity index is 1650. The number of carbonyl (C=O) groups is 2. The Labute approximate surface area is 257 Å². The fraction of sp³-hybridized carbons (Fsp3) is 0.542. The van der Waals surface area contributed by atoms with Gasteiger partial charge in [0.2, 0.25) is 5.91 Å². The molecule has 0 spiro atoms. The molecule has 3 aromatic heterocycles. The van der Waals surface area contributed by atoms with E-state index in [9.17, 15) is 44.7 Å². The standard InChI is InChI=1S/C13H17N7O6.C11H17N3O6/c14-1-6(22)18-13(25)19-10-7-11(16-3-15-10)20(4-17-7)12-9(24)8(23)5(2-21)26-12;1-12-2-5-3-14(11(19)13-9(5)18)10-8(17)7(16)6(4-15)20-10/h3-5,8-9,12,21,23-24H,1-2,14H2,(H2,15,16,18,19,22,25);3,6-8,10,12,15-17H,2,4H2,1H3,(H,13,18,19)/t5-,8-,9-,12-;6-,7-,8-,10-/m11/s1. The molecule has 0 bridgehead atoms. The molecule has 46 heavy (non-hydrogen) atoms. The van der Waals surface area contributed by atoms with Crippen molar-refractivity contribution in [2.75, 3.05) is 32.1 Å². The van der Waals surface area contributed by atoms with E-state index >= 15 is 0 Å². The van der Waals surface area contributed by atoms with Gasteiger partial charge in [0.1, 0.15) is 43.0 Å². The van der Waals surface area contributed by atoms with Crippen LogP contribution in [0.5, 0.6) is 0 Å². The summed E-state index contributed by atoms with van der Waals surface area (Å²) in [6, 6.07) is -0.845. The second kappa shape index (κ2) is 14.9. The smallest absolute Gasteiger partial charge is 0.330 e. The molecule has 5 rings (SSSR count). The normalized spacial score (nSPS) is 27.3. The fourth-order valence-electron chi connectivity index (χ4n) is 4.70. The molecule has 3 amide bonds. The third kappa shape index (κ3) is 7.10. The van der Waals surface area contributed by atoms with Crippen LogP contribution in [0, 0.1) is 0 Å². The van der Waals surface area contributed by atoms with Gasteiger partial charge < -0.3 is 51.2 Å². The lowest BCUT2D eigenvalue weighted by atomic mass is 10.1. The molecule has 22 heteroatoms. The largest absolute Gasteiger partial charge is 0.394 e. The lowest BCUT2D eigenvalue weighted by molar-refractivity contribution is -0.118. The number of nitrogens with zero attached hydrogens (tertiary/aromatic N) is 5. The summed E-state index contributed by atoms with van der Waals surface area (Å²) in [4.78, 5) is 60.4. The van der Waals surface area contributed by atoms with E-state index < -0.39 is 85.5 Å². The van der Waals surface area contributed by atoms with E-state index in [2.05, 4.69) is 30.6 Å². The van der Waals surface area contributed by atoms with Crippen molar-refractivity contribution in [3.63, 3.8) is 0 Å². The van der Waals surface area contributed by atoms with Gasteiger partial charge in [-0.1, -0.05) is 0 Å². The average Bonchev–Trinajstić information content (AvgIpc) is 3.68. The predicted molar refractivity (Wildman–Crippen MR) is 152 cm³/mol. The molecule has 0 radical (unpaired) electrons. The van der Waals surface area contributed by atoms with E-state index in [-0.39, 0.29) is 35.6 Å². The van der Waals surface area contributed by atoms with E-state index in [0.717, 1.165) is 10.9 Å². The van der Waals surface area contributed by atoms with Gasteiger partial charge in [-0.05, 0) is 7.05 Å². The molecular weight excluding hydrogens is 620 g/mol. The van der Waals surface area contributed by atoms with Crippen LogP contribution in [0.2, 0.25) is 0 Å². The molecule has 0 aromatic carbocycles. The molecule has 0 aliphatic carbocycles. The zero-order chi connectivity index (χ0) is 33.7. The maximum atomic E-state index is 11.8. The predicted octanol–water partition coefficient (Wildman–Crippen LogP) is -6.09. The molecule has 3 aromatic rings. The number of rotatable bonds is 8. The first-order valence-corrected chi connectivity index (χ1v) is 13.7. The maximum Gasteiger partial charge on any atom is 0.330 e. The van der Waals surface area contributed by atoms with Crippen molar-refractivity contribution in [3.8, 4) is 0 Å². The molecule has 5 heterocycles. The quantitative estimate of drug-likeness (QED) is 0.108. The number of aliphatic hydroxyl groups excluding tert-OH is 6. The summed E-state index contributed by atoms with van der Waals surface area (Å²) in [5.41, 5.74) is 4.47. The summed E-state index contributed by atoms with van der Waals surface area (Å²) in [5, 5.41) is 64.9. The molecule has 252 valence electrons. The molecule has 2 fully saturated rings. The van der Waals surface area contributed by atoms with Crippen LogP contribution in [0.25, 0.3) is 11.2 Å². The zero-order valence-corrected chi connectivity index (χ0v) is 24.1. The van der Waals surface area contributed by atoms with Crippen LogP contribution in [-0.2, 0) is 20.8 Å². The van der Waals surface area contributed by atoms with Crippen molar-refractivity contribution in [1.82, 2.24) is 39.7 Å². The van der Waals surface area contributed by atoms with Gasteiger partial charge in [-0.25, -0.2) is 24.5 Å². The van der Waals surface area contributed by atoms with Gasteiger partial charge in [-0.3, -0.25) is 34.3 Å². The topological polar surface area (TPSA) is 335 Å². The Morgan fingerprint density at radius 1 is 0.957 bits per heavy atom. The fourth-order valence-corrected chi connectivity index (χ4v) is 4.70. The van der Waals surface area contributed by atoms with Crippen molar-refractivity contribution in [3.05, 3.63) is 45.3 Å². The molecule has 2 aliphatic rings. The minimum atomic E-state index is -1.38. The Morgan fingerprint density at radius 3 is 2.11 bits per heavy atom. The van der Waals surface area contributed by atoms with Crippen LogP contribution < -0.4 is 32.9 Å². The highest BCUT2D eigenvalue weighted by Crippen LogP contribution is 2.32. The number of amides is 3. The van der Waals surface area contributed by atoms with Crippen molar-refractivity contribution in [1.29, 1.82) is 0 Å². The highest BCUT2D eigenvalue weighted by atomic mass is 16.6.